The number of halogens is 8. The highest BCUT2D eigenvalue weighted by Crippen LogP contribution is 2.36. The molecule has 2 heterocycles. The van der Waals surface area contributed by atoms with Gasteiger partial charge in [-0.1, -0.05) is 29.3 Å². The molecule has 1 atom stereocenters. The molecule has 43 heavy (non-hydrogen) atoms. The fraction of sp³-hybridized carbons (Fsp3) is 0.517. The molecule has 14 heteroatoms. The first-order valence-electron chi connectivity index (χ1n) is 13.8. The monoisotopic (exact) mass is 652 g/mol. The fourth-order valence-electron chi connectivity index (χ4n) is 5.09. The number of hydrogen-bond acceptors (Lipinski definition) is 5. The van der Waals surface area contributed by atoms with Gasteiger partial charge in [0.15, 0.2) is 0 Å². The van der Waals surface area contributed by atoms with Crippen LogP contribution < -0.4 is 0 Å². The number of likely N-dealkylation sites (tertiary alicyclic amines) is 1. The summed E-state index contributed by atoms with van der Waals surface area (Å²) in [5, 5.41) is 9.34. The van der Waals surface area contributed by atoms with E-state index in [9.17, 15) is 31.1 Å². The lowest BCUT2D eigenvalue weighted by Gasteiger charge is -2.37. The van der Waals surface area contributed by atoms with Crippen molar-refractivity contribution >= 4 is 34.8 Å². The fourth-order valence-corrected chi connectivity index (χ4v) is 5.40. The van der Waals surface area contributed by atoms with E-state index in [1.165, 1.54) is 0 Å². The predicted octanol–water partition coefficient (Wildman–Crippen LogP) is 6.59. The number of nitrogens with zero attached hydrogens (tertiary/aromatic N) is 3. The summed E-state index contributed by atoms with van der Waals surface area (Å²) in [5.74, 6) is -0.333. The Kier molecular flexibility index (Phi) is 11.0. The molecule has 2 fully saturated rings. The second-order valence-electron chi connectivity index (χ2n) is 10.8. The van der Waals surface area contributed by atoms with Crippen molar-refractivity contribution in [3.8, 4) is 0 Å². The smallest absolute Gasteiger partial charge is 0.371 e. The first-order chi connectivity index (χ1) is 20.2. The molecule has 1 N–H and O–H groups in total. The maximum Gasteiger partial charge on any atom is 0.416 e. The minimum absolute atomic E-state index is 0.0653. The Hall–Kier alpha value is -2.38. The van der Waals surface area contributed by atoms with E-state index in [-0.39, 0.29) is 29.9 Å². The van der Waals surface area contributed by atoms with Gasteiger partial charge in [0.25, 0.3) is 0 Å². The Balaban J connectivity index is 1.37. The second kappa shape index (κ2) is 14.2. The summed E-state index contributed by atoms with van der Waals surface area (Å²) in [6, 6.07) is 6.28. The van der Waals surface area contributed by atoms with Crippen LogP contribution in [0, 0.1) is 5.41 Å². The van der Waals surface area contributed by atoms with Crippen LogP contribution in [0.15, 0.2) is 36.4 Å². The third kappa shape index (κ3) is 9.31. The van der Waals surface area contributed by atoms with Gasteiger partial charge in [-0.15, -0.1) is 0 Å². The minimum Gasteiger partial charge on any atom is -0.371 e. The summed E-state index contributed by atoms with van der Waals surface area (Å²) in [6.45, 7) is 4.74. The van der Waals surface area contributed by atoms with Crippen molar-refractivity contribution in [3.63, 3.8) is 0 Å². The summed E-state index contributed by atoms with van der Waals surface area (Å²) >= 11 is 12.3. The molecule has 2 aliphatic heterocycles. The molecule has 2 aromatic rings. The zero-order valence-electron chi connectivity index (χ0n) is 23.2. The Morgan fingerprint density at radius 3 is 2.00 bits per heavy atom. The number of piperazine rings is 1. The molecule has 0 aromatic heterocycles. The SMILES string of the molecule is N=C(COCc1cc(C(F)(F)F)cc(C(F)(F)F)c1)C(CCN1CCN(CC(=O)N2CCC2)CC1)c1ccc(Cl)c(Cl)c1. The Bertz CT molecular complexity index is 1260. The number of rotatable bonds is 11. The third-order valence-electron chi connectivity index (χ3n) is 7.71. The van der Waals surface area contributed by atoms with E-state index >= 15 is 0 Å². The number of benzene rings is 2. The highest BCUT2D eigenvalue weighted by molar-refractivity contribution is 6.42. The highest BCUT2D eigenvalue weighted by atomic mass is 35.5. The molecule has 0 aliphatic carbocycles. The van der Waals surface area contributed by atoms with Gasteiger partial charge in [-0.2, -0.15) is 26.3 Å². The van der Waals surface area contributed by atoms with E-state index < -0.39 is 36.0 Å². The number of carbonyl (C=O) groups excluding carboxylic acids is 1. The maximum absolute atomic E-state index is 13.2. The molecule has 1 amide bonds. The Morgan fingerprint density at radius 1 is 0.860 bits per heavy atom. The number of hydrogen-bond donors (Lipinski definition) is 1. The second-order valence-corrected chi connectivity index (χ2v) is 11.6. The van der Waals surface area contributed by atoms with Crippen molar-refractivity contribution in [2.24, 2.45) is 0 Å². The van der Waals surface area contributed by atoms with Crippen LogP contribution >= 0.6 is 23.2 Å². The standard InChI is InChI=1S/C29H32Cl2F6N4O2/c30-24-3-2-20(14-25(24)31)23(4-7-39-8-10-40(11-9-39)16-27(42)41-5-1-6-41)26(38)18-43-17-19-12-21(28(32,33)34)15-22(13-19)29(35,36)37/h2-3,12-15,23,38H,1,4-11,16-18H2. The number of ether oxygens (including phenoxy) is 1. The van der Waals surface area contributed by atoms with Crippen molar-refractivity contribution in [1.29, 1.82) is 5.41 Å². The average molecular weight is 653 g/mol. The number of alkyl halides is 6. The summed E-state index contributed by atoms with van der Waals surface area (Å²) in [5.41, 5.74) is -2.35. The molecule has 0 radical (unpaired) electrons. The quantitative estimate of drug-likeness (QED) is 0.220. The van der Waals surface area contributed by atoms with Crippen LogP contribution in [0.25, 0.3) is 0 Å². The lowest BCUT2D eigenvalue weighted by atomic mass is 9.91. The summed E-state index contributed by atoms with van der Waals surface area (Å²) < 4.78 is 84.8. The van der Waals surface area contributed by atoms with E-state index in [1.807, 2.05) is 4.90 Å². The average Bonchev–Trinajstić information content (AvgIpc) is 2.89. The van der Waals surface area contributed by atoms with Crippen LogP contribution in [-0.2, 0) is 28.5 Å². The highest BCUT2D eigenvalue weighted by Gasteiger charge is 2.37. The Labute approximate surface area is 256 Å². The molecule has 2 saturated heterocycles. The largest absolute Gasteiger partial charge is 0.416 e. The summed E-state index contributed by atoms with van der Waals surface area (Å²) in [7, 11) is 0. The van der Waals surface area contributed by atoms with Gasteiger partial charge in [-0.05, 0) is 60.8 Å². The summed E-state index contributed by atoms with van der Waals surface area (Å²) in [6.07, 6.45) is -8.38. The molecular weight excluding hydrogens is 621 g/mol. The van der Waals surface area contributed by atoms with Crippen molar-refractivity contribution in [2.75, 3.05) is 59.0 Å². The molecule has 2 aliphatic rings. The predicted molar refractivity (Wildman–Crippen MR) is 152 cm³/mol. The van der Waals surface area contributed by atoms with Crippen LogP contribution in [0.2, 0.25) is 10.0 Å². The van der Waals surface area contributed by atoms with Gasteiger partial charge in [0.05, 0.1) is 40.9 Å². The number of carbonyl (C=O) groups is 1. The van der Waals surface area contributed by atoms with Crippen LogP contribution in [0.1, 0.15) is 41.0 Å². The lowest BCUT2D eigenvalue weighted by molar-refractivity contribution is -0.143. The zero-order chi connectivity index (χ0) is 31.4. The van der Waals surface area contributed by atoms with Gasteiger partial charge in [-0.3, -0.25) is 9.69 Å². The van der Waals surface area contributed by atoms with Crippen LogP contribution in [0.3, 0.4) is 0 Å². The van der Waals surface area contributed by atoms with Crippen LogP contribution in [0.5, 0.6) is 0 Å². The first kappa shape index (κ1) is 33.5. The number of amides is 1. The van der Waals surface area contributed by atoms with E-state index in [0.717, 1.165) is 45.7 Å². The normalized spacial score (nSPS) is 17.5. The molecule has 2 aromatic carbocycles. The molecule has 6 nitrogen and oxygen atoms in total. The van der Waals surface area contributed by atoms with Gasteiger partial charge in [0, 0.05) is 50.9 Å². The van der Waals surface area contributed by atoms with Crippen molar-refractivity contribution in [3.05, 3.63) is 68.7 Å². The van der Waals surface area contributed by atoms with Crippen molar-refractivity contribution < 1.29 is 35.9 Å². The zero-order valence-corrected chi connectivity index (χ0v) is 24.7. The van der Waals surface area contributed by atoms with Gasteiger partial charge < -0.3 is 19.9 Å². The molecular formula is C29H32Cl2F6N4O2. The molecule has 4 rings (SSSR count). The van der Waals surface area contributed by atoms with E-state index in [1.54, 1.807) is 18.2 Å². The van der Waals surface area contributed by atoms with Gasteiger partial charge in [0.1, 0.15) is 0 Å². The minimum atomic E-state index is -4.96. The van der Waals surface area contributed by atoms with Gasteiger partial charge in [-0.25, -0.2) is 0 Å². The van der Waals surface area contributed by atoms with Crippen molar-refractivity contribution in [1.82, 2.24) is 14.7 Å². The van der Waals surface area contributed by atoms with E-state index in [0.29, 0.717) is 47.3 Å². The summed E-state index contributed by atoms with van der Waals surface area (Å²) in [4.78, 5) is 18.5. The van der Waals surface area contributed by atoms with Crippen molar-refractivity contribution in [2.45, 2.75) is 37.7 Å². The number of nitrogens with one attached hydrogen (secondary N) is 1. The van der Waals surface area contributed by atoms with Gasteiger partial charge in [0.2, 0.25) is 5.91 Å². The maximum atomic E-state index is 13.2. The third-order valence-corrected chi connectivity index (χ3v) is 8.45. The molecule has 0 saturated carbocycles. The lowest BCUT2D eigenvalue weighted by Crippen LogP contribution is -2.52. The Morgan fingerprint density at radius 2 is 1.47 bits per heavy atom. The molecule has 0 bridgehead atoms. The molecule has 1 unspecified atom stereocenters. The topological polar surface area (TPSA) is 59.9 Å². The van der Waals surface area contributed by atoms with E-state index in [4.69, 9.17) is 33.3 Å². The van der Waals surface area contributed by atoms with Crippen LogP contribution in [-0.4, -0.2) is 85.3 Å². The molecule has 236 valence electrons. The van der Waals surface area contributed by atoms with E-state index in [2.05, 4.69) is 9.80 Å². The molecule has 0 spiro atoms. The first-order valence-corrected chi connectivity index (χ1v) is 14.6. The van der Waals surface area contributed by atoms with Crippen LogP contribution in [0.4, 0.5) is 26.3 Å². The van der Waals surface area contributed by atoms with Gasteiger partial charge >= 0.3 is 12.4 Å².